The smallest absolute Gasteiger partial charge is 0.231 e. The number of amides is 1. The second-order valence-corrected chi connectivity index (χ2v) is 8.24. The van der Waals surface area contributed by atoms with Gasteiger partial charge in [-0.3, -0.25) is 14.5 Å². The van der Waals surface area contributed by atoms with E-state index in [4.69, 9.17) is 9.47 Å². The van der Waals surface area contributed by atoms with Gasteiger partial charge in [0.1, 0.15) is 0 Å². The molecule has 1 aromatic rings. The Bertz CT molecular complexity index is 709. The first-order valence-corrected chi connectivity index (χ1v) is 9.05. The number of rotatable bonds is 8. The van der Waals surface area contributed by atoms with Crippen molar-refractivity contribution in [2.45, 2.75) is 52.7 Å². The van der Waals surface area contributed by atoms with Gasteiger partial charge in [-0.05, 0) is 46.0 Å². The first kappa shape index (κ1) is 21.2. The van der Waals surface area contributed by atoms with E-state index in [-0.39, 0.29) is 31.6 Å². The van der Waals surface area contributed by atoms with E-state index in [0.717, 1.165) is 0 Å². The van der Waals surface area contributed by atoms with E-state index in [1.165, 1.54) is 0 Å². The molecule has 0 fully saturated rings. The molecular weight excluding hydrogens is 348 g/mol. The predicted molar refractivity (Wildman–Crippen MR) is 102 cm³/mol. The number of nitrogens with zero attached hydrogens (tertiary/aromatic N) is 1. The Balaban J connectivity index is 1.90. The Hall–Kier alpha value is -2.12. The Labute approximate surface area is 160 Å². The lowest BCUT2D eigenvalue weighted by Gasteiger charge is -2.37. The van der Waals surface area contributed by atoms with Crippen LogP contribution in [-0.2, 0) is 4.79 Å². The van der Waals surface area contributed by atoms with E-state index >= 15 is 0 Å². The highest BCUT2D eigenvalue weighted by Crippen LogP contribution is 2.34. The number of likely N-dealkylation sites (N-methyl/N-ethyl adjacent to an activating group) is 1. The molecule has 7 nitrogen and oxygen atoms in total. The van der Waals surface area contributed by atoms with Crippen molar-refractivity contribution in [3.05, 3.63) is 23.8 Å². The molecule has 1 atom stereocenters. The number of benzene rings is 1. The molecule has 0 radical (unpaired) electrons. The SMILES string of the molecule is CC(C(=O)c1ccc2c(c1)OCO2)N(C)CNC(=O)CC(C)(C)C(C)(C)O. The fraction of sp³-hybridized carbons (Fsp3) is 0.600. The number of carbonyl (C=O) groups is 2. The van der Waals surface area contributed by atoms with Crippen LogP contribution in [0, 0.1) is 5.41 Å². The summed E-state index contributed by atoms with van der Waals surface area (Å²) in [5, 5.41) is 13.0. The second-order valence-electron chi connectivity index (χ2n) is 8.24. The molecule has 0 aromatic heterocycles. The van der Waals surface area contributed by atoms with E-state index in [9.17, 15) is 14.7 Å². The third kappa shape index (κ3) is 4.99. The summed E-state index contributed by atoms with van der Waals surface area (Å²) in [5.74, 6) is 0.964. The molecule has 0 saturated carbocycles. The lowest BCUT2D eigenvalue weighted by Crippen LogP contribution is -2.46. The standard InChI is InChI=1S/C20H30N2O5/c1-13(18(24)14-7-8-15-16(9-14)27-12-26-15)22(6)11-21-17(23)10-19(2,3)20(4,5)25/h7-9,13,25H,10-12H2,1-6H3,(H,21,23). The van der Waals surface area contributed by atoms with Crippen LogP contribution in [0.3, 0.4) is 0 Å². The molecule has 1 aliphatic heterocycles. The molecule has 2 N–H and O–H groups in total. The zero-order chi connectivity index (χ0) is 20.4. The van der Waals surface area contributed by atoms with Crippen molar-refractivity contribution in [1.29, 1.82) is 0 Å². The fourth-order valence-corrected chi connectivity index (χ4v) is 2.52. The minimum Gasteiger partial charge on any atom is -0.454 e. The lowest BCUT2D eigenvalue weighted by molar-refractivity contribution is -0.128. The molecule has 1 aliphatic rings. The quantitative estimate of drug-likeness (QED) is 0.532. The van der Waals surface area contributed by atoms with Gasteiger partial charge in [0, 0.05) is 17.4 Å². The topological polar surface area (TPSA) is 88.1 Å². The number of Topliss-reactive ketones (excluding diaryl/α,β-unsaturated/α-hetero) is 1. The summed E-state index contributed by atoms with van der Waals surface area (Å²) in [6, 6.07) is 4.69. The highest BCUT2D eigenvalue weighted by Gasteiger charge is 2.36. The molecule has 1 aromatic carbocycles. The number of hydrogen-bond donors (Lipinski definition) is 2. The van der Waals surface area contributed by atoms with Crippen molar-refractivity contribution >= 4 is 11.7 Å². The molecular formula is C20H30N2O5. The number of carbonyl (C=O) groups excluding carboxylic acids is 2. The maximum Gasteiger partial charge on any atom is 0.231 e. The van der Waals surface area contributed by atoms with Crippen molar-refractivity contribution in [1.82, 2.24) is 10.2 Å². The fourth-order valence-electron chi connectivity index (χ4n) is 2.52. The number of ketones is 1. The van der Waals surface area contributed by atoms with Crippen molar-refractivity contribution in [3.8, 4) is 11.5 Å². The number of fused-ring (bicyclic) bond motifs is 1. The maximum atomic E-state index is 12.7. The van der Waals surface area contributed by atoms with Crippen molar-refractivity contribution in [2.75, 3.05) is 20.5 Å². The summed E-state index contributed by atoms with van der Waals surface area (Å²) >= 11 is 0. The summed E-state index contributed by atoms with van der Waals surface area (Å²) in [4.78, 5) is 26.7. The van der Waals surface area contributed by atoms with Crippen LogP contribution in [0.25, 0.3) is 0 Å². The number of hydrogen-bond acceptors (Lipinski definition) is 6. The molecule has 0 bridgehead atoms. The molecule has 0 spiro atoms. The van der Waals surface area contributed by atoms with Gasteiger partial charge in [-0.2, -0.15) is 0 Å². The number of ether oxygens (including phenoxy) is 2. The second kappa shape index (κ2) is 7.86. The highest BCUT2D eigenvalue weighted by atomic mass is 16.7. The maximum absolute atomic E-state index is 12.7. The summed E-state index contributed by atoms with van der Waals surface area (Å²) < 4.78 is 10.6. The molecule has 1 heterocycles. The van der Waals surface area contributed by atoms with Gasteiger partial charge in [-0.25, -0.2) is 0 Å². The van der Waals surface area contributed by atoms with Crippen molar-refractivity contribution in [3.63, 3.8) is 0 Å². The van der Waals surface area contributed by atoms with E-state index < -0.39 is 17.1 Å². The average Bonchev–Trinajstić information content (AvgIpc) is 3.04. The predicted octanol–water partition coefficient (Wildman–Crippen LogP) is 2.18. The van der Waals surface area contributed by atoms with E-state index in [1.807, 2.05) is 13.8 Å². The molecule has 150 valence electrons. The first-order chi connectivity index (χ1) is 12.4. The lowest BCUT2D eigenvalue weighted by atomic mass is 9.74. The van der Waals surface area contributed by atoms with Gasteiger partial charge >= 0.3 is 0 Å². The van der Waals surface area contributed by atoms with E-state index in [0.29, 0.717) is 17.1 Å². The Morgan fingerprint density at radius 3 is 2.48 bits per heavy atom. The third-order valence-corrected chi connectivity index (χ3v) is 5.48. The normalized spacial score (nSPS) is 15.0. The van der Waals surface area contributed by atoms with Gasteiger partial charge in [-0.1, -0.05) is 13.8 Å². The first-order valence-electron chi connectivity index (χ1n) is 9.05. The molecule has 0 saturated heterocycles. The van der Waals surface area contributed by atoms with Crippen LogP contribution < -0.4 is 14.8 Å². The van der Waals surface area contributed by atoms with Crippen LogP contribution in [-0.4, -0.2) is 53.8 Å². The number of aliphatic hydroxyl groups is 1. The molecule has 27 heavy (non-hydrogen) atoms. The van der Waals surface area contributed by atoms with Gasteiger partial charge < -0.3 is 19.9 Å². The van der Waals surface area contributed by atoms with Gasteiger partial charge in [0.2, 0.25) is 12.7 Å². The summed E-state index contributed by atoms with van der Waals surface area (Å²) in [5.41, 5.74) is -1.00. The van der Waals surface area contributed by atoms with Crippen LogP contribution in [0.1, 0.15) is 51.4 Å². The minimum absolute atomic E-state index is 0.0677. The minimum atomic E-state index is -0.973. The zero-order valence-corrected chi connectivity index (χ0v) is 17.0. The number of nitrogens with one attached hydrogen (secondary N) is 1. The average molecular weight is 378 g/mol. The Morgan fingerprint density at radius 2 is 1.85 bits per heavy atom. The molecule has 1 unspecified atom stereocenters. The molecule has 2 rings (SSSR count). The molecule has 0 aliphatic carbocycles. The van der Waals surface area contributed by atoms with Gasteiger partial charge in [0.05, 0.1) is 18.3 Å². The van der Waals surface area contributed by atoms with Gasteiger partial charge in [0.25, 0.3) is 0 Å². The van der Waals surface area contributed by atoms with Gasteiger partial charge in [-0.15, -0.1) is 0 Å². The Kier molecular flexibility index (Phi) is 6.17. The highest BCUT2D eigenvalue weighted by molar-refractivity contribution is 6.00. The summed E-state index contributed by atoms with van der Waals surface area (Å²) in [6.07, 6.45) is 0.189. The summed E-state index contributed by atoms with van der Waals surface area (Å²) in [6.45, 7) is 9.27. The molecule has 7 heteroatoms. The van der Waals surface area contributed by atoms with Crippen molar-refractivity contribution < 1.29 is 24.2 Å². The summed E-state index contributed by atoms with van der Waals surface area (Å²) in [7, 11) is 1.77. The van der Waals surface area contributed by atoms with E-state index in [1.54, 1.807) is 50.9 Å². The zero-order valence-electron chi connectivity index (χ0n) is 17.0. The van der Waals surface area contributed by atoms with Crippen LogP contribution >= 0.6 is 0 Å². The van der Waals surface area contributed by atoms with Crippen LogP contribution in [0.15, 0.2) is 18.2 Å². The van der Waals surface area contributed by atoms with Crippen LogP contribution in [0.2, 0.25) is 0 Å². The molecule has 1 amide bonds. The largest absolute Gasteiger partial charge is 0.454 e. The Morgan fingerprint density at radius 1 is 1.22 bits per heavy atom. The van der Waals surface area contributed by atoms with Crippen molar-refractivity contribution in [2.24, 2.45) is 5.41 Å². The van der Waals surface area contributed by atoms with Crippen LogP contribution in [0.5, 0.6) is 11.5 Å². The van der Waals surface area contributed by atoms with Crippen LogP contribution in [0.4, 0.5) is 0 Å². The monoisotopic (exact) mass is 378 g/mol. The van der Waals surface area contributed by atoms with Gasteiger partial charge in [0.15, 0.2) is 17.3 Å². The third-order valence-electron chi connectivity index (χ3n) is 5.48. The van der Waals surface area contributed by atoms with E-state index in [2.05, 4.69) is 5.32 Å².